The van der Waals surface area contributed by atoms with Crippen LogP contribution in [0, 0.1) is 0 Å². The zero-order valence-electron chi connectivity index (χ0n) is 8.36. The summed E-state index contributed by atoms with van der Waals surface area (Å²) in [6.07, 6.45) is 3.21. The van der Waals surface area contributed by atoms with Crippen LogP contribution in [-0.2, 0) is 14.3 Å². The summed E-state index contributed by atoms with van der Waals surface area (Å²) in [7, 11) is 0. The van der Waals surface area contributed by atoms with Crippen LogP contribution >= 0.6 is 0 Å². The highest BCUT2D eigenvalue weighted by Gasteiger charge is 2.13. The quantitative estimate of drug-likeness (QED) is 0.693. The lowest BCUT2D eigenvalue weighted by molar-refractivity contribution is -0.131. The lowest BCUT2D eigenvalue weighted by Gasteiger charge is -2.22. The summed E-state index contributed by atoms with van der Waals surface area (Å²) in [5.41, 5.74) is 0.740. The SMILES string of the molecule is CC(=CC(=O)O)COC1CCOCC1. The van der Waals surface area contributed by atoms with E-state index in [1.165, 1.54) is 6.08 Å². The molecule has 0 aromatic heterocycles. The van der Waals surface area contributed by atoms with Crippen LogP contribution < -0.4 is 0 Å². The number of carboxylic acid groups (broad SMARTS) is 1. The van der Waals surface area contributed by atoms with Crippen LogP contribution in [0.25, 0.3) is 0 Å². The molecular formula is C10H16O4. The smallest absolute Gasteiger partial charge is 0.328 e. The first-order chi connectivity index (χ1) is 6.68. The third-order valence-corrected chi connectivity index (χ3v) is 2.08. The van der Waals surface area contributed by atoms with Crippen LogP contribution in [0.3, 0.4) is 0 Å². The second-order valence-electron chi connectivity index (χ2n) is 3.45. The van der Waals surface area contributed by atoms with Crippen molar-refractivity contribution in [2.75, 3.05) is 19.8 Å². The summed E-state index contributed by atoms with van der Waals surface area (Å²) in [5.74, 6) is -0.918. The fourth-order valence-corrected chi connectivity index (χ4v) is 1.34. The fourth-order valence-electron chi connectivity index (χ4n) is 1.34. The van der Waals surface area contributed by atoms with E-state index in [2.05, 4.69) is 0 Å². The zero-order valence-corrected chi connectivity index (χ0v) is 8.36. The van der Waals surface area contributed by atoms with Crippen molar-refractivity contribution in [3.63, 3.8) is 0 Å². The predicted molar refractivity (Wildman–Crippen MR) is 51.2 cm³/mol. The first kappa shape index (κ1) is 11.2. The molecular weight excluding hydrogens is 184 g/mol. The molecule has 0 atom stereocenters. The van der Waals surface area contributed by atoms with Crippen molar-refractivity contribution in [1.82, 2.24) is 0 Å². The molecule has 1 N–H and O–H groups in total. The molecule has 4 nitrogen and oxygen atoms in total. The fraction of sp³-hybridized carbons (Fsp3) is 0.700. The number of hydrogen-bond acceptors (Lipinski definition) is 3. The van der Waals surface area contributed by atoms with Gasteiger partial charge in [0.25, 0.3) is 0 Å². The number of aliphatic carboxylic acids is 1. The average Bonchev–Trinajstić information content (AvgIpc) is 2.15. The summed E-state index contributed by atoms with van der Waals surface area (Å²) < 4.78 is 10.7. The number of rotatable bonds is 4. The largest absolute Gasteiger partial charge is 0.478 e. The number of carboxylic acids is 1. The average molecular weight is 200 g/mol. The minimum absolute atomic E-state index is 0.223. The van der Waals surface area contributed by atoms with Crippen molar-refractivity contribution in [1.29, 1.82) is 0 Å². The molecule has 0 aromatic carbocycles. The van der Waals surface area contributed by atoms with E-state index in [1.807, 2.05) is 0 Å². The molecule has 14 heavy (non-hydrogen) atoms. The molecule has 0 unspecified atom stereocenters. The van der Waals surface area contributed by atoms with E-state index in [-0.39, 0.29) is 6.10 Å². The molecule has 0 radical (unpaired) electrons. The van der Waals surface area contributed by atoms with Crippen LogP contribution in [0.15, 0.2) is 11.6 Å². The third-order valence-electron chi connectivity index (χ3n) is 2.08. The van der Waals surface area contributed by atoms with Gasteiger partial charge in [-0.1, -0.05) is 0 Å². The van der Waals surface area contributed by atoms with Gasteiger partial charge in [-0.25, -0.2) is 4.79 Å². The Labute approximate surface area is 83.5 Å². The molecule has 80 valence electrons. The van der Waals surface area contributed by atoms with Crippen LogP contribution in [0.2, 0.25) is 0 Å². The highest BCUT2D eigenvalue weighted by atomic mass is 16.5. The molecule has 1 fully saturated rings. The number of carbonyl (C=O) groups is 1. The summed E-state index contributed by atoms with van der Waals surface area (Å²) >= 11 is 0. The zero-order chi connectivity index (χ0) is 10.4. The molecule has 4 heteroatoms. The maximum atomic E-state index is 10.3. The predicted octanol–water partition coefficient (Wildman–Crippen LogP) is 1.21. The van der Waals surface area contributed by atoms with E-state index < -0.39 is 5.97 Å². The van der Waals surface area contributed by atoms with Crippen molar-refractivity contribution in [3.8, 4) is 0 Å². The van der Waals surface area contributed by atoms with E-state index in [1.54, 1.807) is 6.92 Å². The van der Waals surface area contributed by atoms with Gasteiger partial charge >= 0.3 is 5.97 Å². The molecule has 0 spiro atoms. The van der Waals surface area contributed by atoms with Gasteiger partial charge in [0.1, 0.15) is 0 Å². The van der Waals surface area contributed by atoms with Gasteiger partial charge in [0.05, 0.1) is 12.7 Å². The van der Waals surface area contributed by atoms with Gasteiger partial charge in [0, 0.05) is 19.3 Å². The van der Waals surface area contributed by atoms with Gasteiger partial charge in [-0.3, -0.25) is 0 Å². The Bertz CT molecular complexity index is 216. The Hall–Kier alpha value is -0.870. The molecule has 0 bridgehead atoms. The van der Waals surface area contributed by atoms with Crippen LogP contribution in [0.5, 0.6) is 0 Å². The molecule has 0 saturated carbocycles. The molecule has 1 heterocycles. The molecule has 1 aliphatic heterocycles. The number of ether oxygens (including phenoxy) is 2. The molecule has 0 aromatic rings. The van der Waals surface area contributed by atoms with E-state index in [9.17, 15) is 4.79 Å². The Balaban J connectivity index is 2.21. The van der Waals surface area contributed by atoms with Gasteiger partial charge in [0.2, 0.25) is 0 Å². The van der Waals surface area contributed by atoms with E-state index >= 15 is 0 Å². The van der Waals surface area contributed by atoms with Gasteiger partial charge < -0.3 is 14.6 Å². The topological polar surface area (TPSA) is 55.8 Å². The summed E-state index contributed by atoms with van der Waals surface area (Å²) in [6.45, 7) is 3.64. The Morgan fingerprint density at radius 3 is 2.79 bits per heavy atom. The molecule has 1 aliphatic rings. The summed E-state index contributed by atoms with van der Waals surface area (Å²) in [4.78, 5) is 10.3. The molecule has 0 aliphatic carbocycles. The van der Waals surface area contributed by atoms with Crippen molar-refractivity contribution >= 4 is 5.97 Å². The van der Waals surface area contributed by atoms with Gasteiger partial charge in [0.15, 0.2) is 0 Å². The normalized spacial score (nSPS) is 19.6. The van der Waals surface area contributed by atoms with Crippen LogP contribution in [0.4, 0.5) is 0 Å². The molecule has 1 saturated heterocycles. The molecule has 1 rings (SSSR count). The maximum absolute atomic E-state index is 10.3. The first-order valence-corrected chi connectivity index (χ1v) is 4.78. The number of hydrogen-bond donors (Lipinski definition) is 1. The Kier molecular flexibility index (Phi) is 4.62. The van der Waals surface area contributed by atoms with Crippen molar-refractivity contribution in [2.45, 2.75) is 25.9 Å². The minimum atomic E-state index is -0.918. The van der Waals surface area contributed by atoms with Crippen LogP contribution in [-0.4, -0.2) is 37.0 Å². The standard InChI is InChI=1S/C10H16O4/c1-8(6-10(11)12)7-14-9-2-4-13-5-3-9/h6,9H,2-5,7H2,1H3,(H,11,12). The highest BCUT2D eigenvalue weighted by molar-refractivity contribution is 5.80. The van der Waals surface area contributed by atoms with Crippen molar-refractivity contribution < 1.29 is 19.4 Å². The van der Waals surface area contributed by atoms with Gasteiger partial charge in [-0.05, 0) is 25.3 Å². The maximum Gasteiger partial charge on any atom is 0.328 e. The van der Waals surface area contributed by atoms with Gasteiger partial charge in [-0.2, -0.15) is 0 Å². The van der Waals surface area contributed by atoms with Crippen LogP contribution in [0.1, 0.15) is 19.8 Å². The Morgan fingerprint density at radius 2 is 2.21 bits per heavy atom. The second kappa shape index (κ2) is 5.78. The lowest BCUT2D eigenvalue weighted by Crippen LogP contribution is -2.24. The van der Waals surface area contributed by atoms with E-state index in [4.69, 9.17) is 14.6 Å². The Morgan fingerprint density at radius 1 is 1.57 bits per heavy atom. The van der Waals surface area contributed by atoms with Crippen molar-refractivity contribution in [3.05, 3.63) is 11.6 Å². The van der Waals surface area contributed by atoms with E-state index in [0.717, 1.165) is 31.6 Å². The minimum Gasteiger partial charge on any atom is -0.478 e. The summed E-state index contributed by atoms with van der Waals surface area (Å²) in [6, 6.07) is 0. The summed E-state index contributed by atoms with van der Waals surface area (Å²) in [5, 5.41) is 8.47. The first-order valence-electron chi connectivity index (χ1n) is 4.78. The van der Waals surface area contributed by atoms with E-state index in [0.29, 0.717) is 6.61 Å². The highest BCUT2D eigenvalue weighted by Crippen LogP contribution is 2.11. The van der Waals surface area contributed by atoms with Crippen molar-refractivity contribution in [2.24, 2.45) is 0 Å². The second-order valence-corrected chi connectivity index (χ2v) is 3.45. The van der Waals surface area contributed by atoms with Gasteiger partial charge in [-0.15, -0.1) is 0 Å². The lowest BCUT2D eigenvalue weighted by atomic mass is 10.1. The monoisotopic (exact) mass is 200 g/mol. The third kappa shape index (κ3) is 4.39. The molecule has 0 amide bonds.